The van der Waals surface area contributed by atoms with Crippen LogP contribution in [0.4, 0.5) is 0 Å². The second kappa shape index (κ2) is 6.90. The number of nitrogens with zero attached hydrogens (tertiary/aromatic N) is 2. The van der Waals surface area contributed by atoms with Gasteiger partial charge in [0.2, 0.25) is 0 Å². The van der Waals surface area contributed by atoms with Crippen molar-refractivity contribution in [3.8, 4) is 0 Å². The molecule has 3 rings (SSSR count). The summed E-state index contributed by atoms with van der Waals surface area (Å²) in [6, 6.07) is 12.2. The smallest absolute Gasteiger partial charge is 0.250 e. The number of fused-ring (bicyclic) bond motifs is 1. The number of ether oxygens (including phenoxy) is 1. The van der Waals surface area contributed by atoms with E-state index < -0.39 is 0 Å². The van der Waals surface area contributed by atoms with Crippen LogP contribution >= 0.6 is 0 Å². The van der Waals surface area contributed by atoms with E-state index in [1.165, 1.54) is 16.7 Å². The van der Waals surface area contributed by atoms with Crippen molar-refractivity contribution < 1.29 is 4.74 Å². The third-order valence-corrected chi connectivity index (χ3v) is 4.20. The Balaban J connectivity index is 1.70. The van der Waals surface area contributed by atoms with Gasteiger partial charge in [0.05, 0.1) is 6.61 Å². The van der Waals surface area contributed by atoms with Gasteiger partial charge in [-0.25, -0.2) is 0 Å². The molecule has 0 atom stereocenters. The van der Waals surface area contributed by atoms with Gasteiger partial charge in [-0.15, -0.1) is 0 Å². The highest BCUT2D eigenvalue weighted by Gasteiger charge is 2.15. The van der Waals surface area contributed by atoms with Gasteiger partial charge in [-0.1, -0.05) is 30.3 Å². The predicted molar refractivity (Wildman–Crippen MR) is 86.8 cm³/mol. The van der Waals surface area contributed by atoms with Crippen molar-refractivity contribution in [3.63, 3.8) is 0 Å². The third-order valence-electron chi connectivity index (χ3n) is 4.20. The fraction of sp³-hybridized carbons (Fsp3) is 0.389. The Labute approximate surface area is 131 Å². The summed E-state index contributed by atoms with van der Waals surface area (Å²) in [5, 5.41) is 0. The summed E-state index contributed by atoms with van der Waals surface area (Å²) in [4.78, 5) is 14.3. The maximum absolute atomic E-state index is 11.8. The normalized spacial score (nSPS) is 14.8. The summed E-state index contributed by atoms with van der Waals surface area (Å²) >= 11 is 0. The SMILES string of the molecule is COCCn1cc(CN2CCc3ccccc3C2)ccc1=O. The lowest BCUT2D eigenvalue weighted by atomic mass is 10.00. The fourth-order valence-corrected chi connectivity index (χ4v) is 2.99. The van der Waals surface area contributed by atoms with Crippen LogP contribution in [0.25, 0.3) is 0 Å². The molecule has 0 aliphatic carbocycles. The molecule has 4 nitrogen and oxygen atoms in total. The number of pyridine rings is 1. The first-order chi connectivity index (χ1) is 10.8. The Kier molecular flexibility index (Phi) is 4.71. The molecule has 1 aliphatic heterocycles. The van der Waals surface area contributed by atoms with Crippen molar-refractivity contribution in [2.45, 2.75) is 26.1 Å². The molecule has 0 N–H and O–H groups in total. The van der Waals surface area contributed by atoms with Gasteiger partial charge in [0.1, 0.15) is 0 Å². The van der Waals surface area contributed by atoms with Crippen molar-refractivity contribution in [2.75, 3.05) is 20.3 Å². The van der Waals surface area contributed by atoms with Gasteiger partial charge in [0, 0.05) is 45.6 Å². The molecule has 0 amide bonds. The number of aromatic nitrogens is 1. The van der Waals surface area contributed by atoms with Crippen LogP contribution in [-0.2, 0) is 30.8 Å². The average molecular weight is 298 g/mol. The Morgan fingerprint density at radius 2 is 1.95 bits per heavy atom. The molecule has 1 aromatic carbocycles. The van der Waals surface area contributed by atoms with E-state index in [2.05, 4.69) is 29.2 Å². The van der Waals surface area contributed by atoms with Crippen LogP contribution in [0.5, 0.6) is 0 Å². The summed E-state index contributed by atoms with van der Waals surface area (Å²) in [6.07, 6.45) is 3.06. The maximum Gasteiger partial charge on any atom is 0.250 e. The molecule has 0 fully saturated rings. The highest BCUT2D eigenvalue weighted by Crippen LogP contribution is 2.19. The molecule has 116 valence electrons. The number of benzene rings is 1. The molecule has 22 heavy (non-hydrogen) atoms. The van der Waals surface area contributed by atoms with Crippen LogP contribution < -0.4 is 5.56 Å². The van der Waals surface area contributed by atoms with Crippen molar-refractivity contribution >= 4 is 0 Å². The van der Waals surface area contributed by atoms with Gasteiger partial charge >= 0.3 is 0 Å². The average Bonchev–Trinajstić information content (AvgIpc) is 2.55. The number of methoxy groups -OCH3 is 1. The molecule has 2 heterocycles. The molecule has 0 saturated heterocycles. The molecule has 1 aliphatic rings. The van der Waals surface area contributed by atoms with E-state index in [0.29, 0.717) is 13.2 Å². The summed E-state index contributed by atoms with van der Waals surface area (Å²) in [6.45, 7) is 4.08. The molecule has 4 heteroatoms. The van der Waals surface area contributed by atoms with Crippen LogP contribution in [0.1, 0.15) is 16.7 Å². The summed E-state index contributed by atoms with van der Waals surface area (Å²) in [5.74, 6) is 0. The molecule has 0 unspecified atom stereocenters. The Morgan fingerprint density at radius 3 is 2.77 bits per heavy atom. The van der Waals surface area contributed by atoms with E-state index in [-0.39, 0.29) is 5.56 Å². The monoisotopic (exact) mass is 298 g/mol. The first kappa shape index (κ1) is 15.0. The Morgan fingerprint density at radius 1 is 1.14 bits per heavy atom. The van der Waals surface area contributed by atoms with Gasteiger partial charge in [-0.3, -0.25) is 9.69 Å². The van der Waals surface area contributed by atoms with E-state index in [1.54, 1.807) is 17.7 Å². The third kappa shape index (κ3) is 3.46. The highest BCUT2D eigenvalue weighted by molar-refractivity contribution is 5.29. The van der Waals surface area contributed by atoms with E-state index in [9.17, 15) is 4.79 Å². The zero-order chi connectivity index (χ0) is 15.4. The topological polar surface area (TPSA) is 34.5 Å². The molecule has 0 spiro atoms. The van der Waals surface area contributed by atoms with Crippen LogP contribution in [0.15, 0.2) is 47.4 Å². The van der Waals surface area contributed by atoms with Crippen molar-refractivity contribution in [3.05, 3.63) is 69.6 Å². The van der Waals surface area contributed by atoms with E-state index in [1.807, 2.05) is 12.3 Å². The second-order valence-corrected chi connectivity index (χ2v) is 5.79. The molecule has 0 radical (unpaired) electrons. The lowest BCUT2D eigenvalue weighted by molar-refractivity contribution is 0.186. The van der Waals surface area contributed by atoms with Crippen LogP contribution in [0, 0.1) is 0 Å². The number of hydrogen-bond acceptors (Lipinski definition) is 3. The van der Waals surface area contributed by atoms with Gasteiger partial charge in [-0.2, -0.15) is 0 Å². The number of rotatable bonds is 5. The Hall–Kier alpha value is -1.91. The minimum Gasteiger partial charge on any atom is -0.383 e. The first-order valence-corrected chi connectivity index (χ1v) is 7.74. The minimum atomic E-state index is 0.0322. The molecule has 2 aromatic rings. The highest BCUT2D eigenvalue weighted by atomic mass is 16.5. The van der Waals surface area contributed by atoms with Crippen LogP contribution in [-0.4, -0.2) is 29.7 Å². The largest absolute Gasteiger partial charge is 0.383 e. The van der Waals surface area contributed by atoms with E-state index in [0.717, 1.165) is 26.1 Å². The summed E-state index contributed by atoms with van der Waals surface area (Å²) in [5.41, 5.74) is 4.09. The minimum absolute atomic E-state index is 0.0322. The van der Waals surface area contributed by atoms with Crippen LogP contribution in [0.3, 0.4) is 0 Å². The molecule has 1 aromatic heterocycles. The van der Waals surface area contributed by atoms with Gasteiger partial charge in [0.25, 0.3) is 5.56 Å². The first-order valence-electron chi connectivity index (χ1n) is 7.74. The molecule has 0 saturated carbocycles. The summed E-state index contributed by atoms with van der Waals surface area (Å²) in [7, 11) is 1.65. The summed E-state index contributed by atoms with van der Waals surface area (Å²) < 4.78 is 6.79. The lowest BCUT2D eigenvalue weighted by Crippen LogP contribution is -2.30. The zero-order valence-electron chi connectivity index (χ0n) is 13.0. The van der Waals surface area contributed by atoms with Gasteiger partial charge < -0.3 is 9.30 Å². The predicted octanol–water partition coefficient (Wildman–Crippen LogP) is 2.05. The van der Waals surface area contributed by atoms with Crippen molar-refractivity contribution in [1.82, 2.24) is 9.47 Å². The standard InChI is InChI=1S/C18H22N2O2/c1-22-11-10-20-13-15(6-7-18(20)21)12-19-9-8-16-4-2-3-5-17(16)14-19/h2-7,13H,8-12,14H2,1H3. The quantitative estimate of drug-likeness (QED) is 0.847. The molecular formula is C18H22N2O2. The maximum atomic E-state index is 11.8. The lowest BCUT2D eigenvalue weighted by Gasteiger charge is -2.28. The molecular weight excluding hydrogens is 276 g/mol. The van der Waals surface area contributed by atoms with E-state index in [4.69, 9.17) is 4.74 Å². The zero-order valence-corrected chi connectivity index (χ0v) is 13.0. The Bertz CT molecular complexity index is 693. The van der Waals surface area contributed by atoms with Crippen molar-refractivity contribution in [2.24, 2.45) is 0 Å². The van der Waals surface area contributed by atoms with E-state index >= 15 is 0 Å². The second-order valence-electron chi connectivity index (χ2n) is 5.79. The fourth-order valence-electron chi connectivity index (χ4n) is 2.99. The number of hydrogen-bond donors (Lipinski definition) is 0. The van der Waals surface area contributed by atoms with Gasteiger partial charge in [0.15, 0.2) is 0 Å². The van der Waals surface area contributed by atoms with Crippen LogP contribution in [0.2, 0.25) is 0 Å². The van der Waals surface area contributed by atoms with Gasteiger partial charge in [-0.05, 0) is 23.1 Å². The molecule has 0 bridgehead atoms. The van der Waals surface area contributed by atoms with Crippen molar-refractivity contribution in [1.29, 1.82) is 0 Å².